The first-order valence-corrected chi connectivity index (χ1v) is 6.56. The van der Waals surface area contributed by atoms with Crippen molar-refractivity contribution in [2.45, 2.75) is 31.2 Å². The molecule has 0 fully saturated rings. The molecule has 2 aromatic rings. The number of thioether (sulfide) groups is 1. The molecule has 0 unspecified atom stereocenters. The summed E-state index contributed by atoms with van der Waals surface area (Å²) in [7, 11) is 0. The smallest absolute Gasteiger partial charge is 0.119 e. The summed E-state index contributed by atoms with van der Waals surface area (Å²) >= 11 is 1.65. The first-order valence-electron chi connectivity index (χ1n) is 5.57. The molecule has 0 amide bonds. The van der Waals surface area contributed by atoms with E-state index in [0.717, 1.165) is 28.7 Å². The van der Waals surface area contributed by atoms with Crippen LogP contribution in [0.1, 0.15) is 18.3 Å². The summed E-state index contributed by atoms with van der Waals surface area (Å²) < 4.78 is 2.02. The summed E-state index contributed by atoms with van der Waals surface area (Å²) in [5.41, 5.74) is 8.85. The molecule has 2 N–H and O–H groups in total. The first-order chi connectivity index (χ1) is 8.20. The number of nitrogens with zero attached hydrogens (tertiary/aromatic N) is 3. The van der Waals surface area contributed by atoms with Gasteiger partial charge in [-0.2, -0.15) is 5.10 Å². The number of rotatable bonds is 4. The SMILES string of the molecule is CCn1nc(C)cc1CSc1ncccc1N. The van der Waals surface area contributed by atoms with Crippen LogP contribution in [-0.2, 0) is 12.3 Å². The van der Waals surface area contributed by atoms with Crippen molar-refractivity contribution in [3.63, 3.8) is 0 Å². The highest BCUT2D eigenvalue weighted by molar-refractivity contribution is 7.98. The molecule has 2 heterocycles. The average Bonchev–Trinajstić information content (AvgIpc) is 2.69. The molecular formula is C12H16N4S. The summed E-state index contributed by atoms with van der Waals surface area (Å²) in [5.74, 6) is 0.843. The molecule has 2 aromatic heterocycles. The number of nitrogen functional groups attached to an aromatic ring is 1. The van der Waals surface area contributed by atoms with E-state index in [1.54, 1.807) is 18.0 Å². The Labute approximate surface area is 105 Å². The van der Waals surface area contributed by atoms with Crippen LogP contribution in [-0.4, -0.2) is 14.8 Å². The molecule has 0 aliphatic heterocycles. The van der Waals surface area contributed by atoms with E-state index in [1.165, 1.54) is 5.69 Å². The number of hydrogen-bond acceptors (Lipinski definition) is 4. The normalized spacial score (nSPS) is 10.7. The summed E-state index contributed by atoms with van der Waals surface area (Å²) in [4.78, 5) is 4.26. The highest BCUT2D eigenvalue weighted by Crippen LogP contribution is 2.25. The molecule has 0 saturated carbocycles. The van der Waals surface area contributed by atoms with Crippen LogP contribution in [0, 0.1) is 6.92 Å². The molecule has 4 nitrogen and oxygen atoms in total. The van der Waals surface area contributed by atoms with Gasteiger partial charge in [0.05, 0.1) is 11.4 Å². The monoisotopic (exact) mass is 248 g/mol. The van der Waals surface area contributed by atoms with Gasteiger partial charge in [0, 0.05) is 24.2 Å². The van der Waals surface area contributed by atoms with E-state index in [9.17, 15) is 0 Å². The lowest BCUT2D eigenvalue weighted by Crippen LogP contribution is -2.01. The lowest BCUT2D eigenvalue weighted by Gasteiger charge is -2.05. The Balaban J connectivity index is 2.09. The average molecular weight is 248 g/mol. The van der Waals surface area contributed by atoms with Crippen LogP contribution in [0.15, 0.2) is 29.4 Å². The van der Waals surface area contributed by atoms with Crippen LogP contribution in [0.25, 0.3) is 0 Å². The van der Waals surface area contributed by atoms with Crippen molar-refractivity contribution in [3.05, 3.63) is 35.8 Å². The van der Waals surface area contributed by atoms with Crippen LogP contribution in [0.2, 0.25) is 0 Å². The molecule has 0 saturated heterocycles. The van der Waals surface area contributed by atoms with Crippen LogP contribution in [0.4, 0.5) is 5.69 Å². The number of anilines is 1. The third-order valence-corrected chi connectivity index (χ3v) is 3.50. The van der Waals surface area contributed by atoms with Crippen molar-refractivity contribution in [3.8, 4) is 0 Å². The molecule has 5 heteroatoms. The second kappa shape index (κ2) is 5.23. The van der Waals surface area contributed by atoms with Gasteiger partial charge in [-0.25, -0.2) is 4.98 Å². The van der Waals surface area contributed by atoms with Gasteiger partial charge in [0.15, 0.2) is 0 Å². The number of nitrogens with two attached hydrogens (primary N) is 1. The topological polar surface area (TPSA) is 56.7 Å². The Morgan fingerprint density at radius 2 is 2.29 bits per heavy atom. The fourth-order valence-corrected chi connectivity index (χ4v) is 2.54. The molecule has 0 radical (unpaired) electrons. The van der Waals surface area contributed by atoms with Crippen molar-refractivity contribution in [2.75, 3.05) is 5.73 Å². The second-order valence-corrected chi connectivity index (χ2v) is 4.74. The van der Waals surface area contributed by atoms with E-state index >= 15 is 0 Å². The maximum absolute atomic E-state index is 5.85. The van der Waals surface area contributed by atoms with E-state index in [4.69, 9.17) is 5.73 Å². The highest BCUT2D eigenvalue weighted by atomic mass is 32.2. The minimum absolute atomic E-state index is 0.733. The minimum atomic E-state index is 0.733. The highest BCUT2D eigenvalue weighted by Gasteiger charge is 2.06. The van der Waals surface area contributed by atoms with Gasteiger partial charge in [-0.05, 0) is 32.0 Å². The van der Waals surface area contributed by atoms with E-state index < -0.39 is 0 Å². The largest absolute Gasteiger partial charge is 0.397 e. The standard InChI is InChI=1S/C12H16N4S/c1-3-16-10(7-9(2)15-16)8-17-12-11(13)5-4-6-14-12/h4-7H,3,8,13H2,1-2H3. The Morgan fingerprint density at radius 1 is 1.47 bits per heavy atom. The molecule has 0 aliphatic rings. The first kappa shape index (κ1) is 12.0. The molecule has 0 atom stereocenters. The fraction of sp³-hybridized carbons (Fsp3) is 0.333. The van der Waals surface area contributed by atoms with E-state index in [-0.39, 0.29) is 0 Å². The molecule has 2 rings (SSSR count). The molecular weight excluding hydrogens is 232 g/mol. The van der Waals surface area contributed by atoms with Gasteiger partial charge < -0.3 is 5.73 Å². The van der Waals surface area contributed by atoms with E-state index in [0.29, 0.717) is 0 Å². The zero-order chi connectivity index (χ0) is 12.3. The van der Waals surface area contributed by atoms with Crippen LogP contribution in [0.3, 0.4) is 0 Å². The van der Waals surface area contributed by atoms with Crippen LogP contribution < -0.4 is 5.73 Å². The van der Waals surface area contributed by atoms with Crippen molar-refractivity contribution < 1.29 is 0 Å². The Morgan fingerprint density at radius 3 is 3.00 bits per heavy atom. The van der Waals surface area contributed by atoms with Gasteiger partial charge >= 0.3 is 0 Å². The zero-order valence-electron chi connectivity index (χ0n) is 10.1. The molecule has 0 spiro atoms. The number of aryl methyl sites for hydroxylation is 2. The molecule has 90 valence electrons. The summed E-state index contributed by atoms with van der Waals surface area (Å²) in [6.45, 7) is 4.99. The van der Waals surface area contributed by atoms with Crippen molar-refractivity contribution in [1.82, 2.24) is 14.8 Å². The predicted octanol–water partition coefficient (Wildman–Crippen LogP) is 2.48. The van der Waals surface area contributed by atoms with Gasteiger partial charge in [0.2, 0.25) is 0 Å². The fourth-order valence-electron chi connectivity index (χ4n) is 1.66. The van der Waals surface area contributed by atoms with Gasteiger partial charge in [-0.3, -0.25) is 4.68 Å². The molecule has 0 aliphatic carbocycles. The lowest BCUT2D eigenvalue weighted by atomic mass is 10.4. The lowest BCUT2D eigenvalue weighted by molar-refractivity contribution is 0.632. The Kier molecular flexibility index (Phi) is 3.68. The van der Waals surface area contributed by atoms with Crippen molar-refractivity contribution in [1.29, 1.82) is 0 Å². The summed E-state index contributed by atoms with van der Waals surface area (Å²) in [6.07, 6.45) is 1.76. The second-order valence-electron chi connectivity index (χ2n) is 3.78. The number of pyridine rings is 1. The maximum Gasteiger partial charge on any atom is 0.119 e. The molecule has 0 aromatic carbocycles. The van der Waals surface area contributed by atoms with Gasteiger partial charge in [0.25, 0.3) is 0 Å². The molecule has 0 bridgehead atoms. The van der Waals surface area contributed by atoms with Crippen molar-refractivity contribution >= 4 is 17.4 Å². The van der Waals surface area contributed by atoms with Gasteiger partial charge in [-0.1, -0.05) is 11.8 Å². The molecule has 17 heavy (non-hydrogen) atoms. The third-order valence-electron chi connectivity index (χ3n) is 2.44. The minimum Gasteiger partial charge on any atom is -0.397 e. The van der Waals surface area contributed by atoms with Crippen molar-refractivity contribution in [2.24, 2.45) is 0 Å². The van der Waals surface area contributed by atoms with Crippen LogP contribution >= 0.6 is 11.8 Å². The van der Waals surface area contributed by atoms with Gasteiger partial charge in [-0.15, -0.1) is 0 Å². The van der Waals surface area contributed by atoms with Gasteiger partial charge in [0.1, 0.15) is 5.03 Å². The van der Waals surface area contributed by atoms with E-state index in [2.05, 4.69) is 23.1 Å². The quantitative estimate of drug-likeness (QED) is 0.845. The predicted molar refractivity (Wildman–Crippen MR) is 70.8 cm³/mol. The maximum atomic E-state index is 5.85. The number of hydrogen-bond donors (Lipinski definition) is 1. The summed E-state index contributed by atoms with van der Waals surface area (Å²) in [6, 6.07) is 5.83. The Bertz CT molecular complexity index is 507. The third kappa shape index (κ3) is 2.79. The van der Waals surface area contributed by atoms with E-state index in [1.807, 2.05) is 23.7 Å². The van der Waals surface area contributed by atoms with Crippen LogP contribution in [0.5, 0.6) is 0 Å². The summed E-state index contributed by atoms with van der Waals surface area (Å²) in [5, 5.41) is 5.30. The Hall–Kier alpha value is -1.49. The number of aromatic nitrogens is 3. The zero-order valence-corrected chi connectivity index (χ0v) is 10.9.